The van der Waals surface area contributed by atoms with Crippen LogP contribution in [0.5, 0.6) is 11.5 Å². The summed E-state index contributed by atoms with van der Waals surface area (Å²) in [7, 11) is 0. The standard InChI is InChI=1S/C26H29ClN2O3/c1-5-31-25-14-20(15-28-23-8-6-7-21(27)19(23)4)10-12-24(25)32-16-26(30)29-22-11-9-17(2)13-18(22)3/h6-14,28H,5,15-16H2,1-4H3,(H,29,30). The molecular weight excluding hydrogens is 424 g/mol. The molecule has 0 bridgehead atoms. The largest absolute Gasteiger partial charge is 0.490 e. The molecule has 1 amide bonds. The molecule has 6 heteroatoms. The quantitative estimate of drug-likeness (QED) is 0.400. The molecule has 0 aromatic heterocycles. The first kappa shape index (κ1) is 23.5. The fraction of sp³-hybridized carbons (Fsp3) is 0.269. The van der Waals surface area contributed by atoms with Crippen molar-refractivity contribution >= 4 is 28.9 Å². The predicted molar refractivity (Wildman–Crippen MR) is 131 cm³/mol. The molecule has 32 heavy (non-hydrogen) atoms. The van der Waals surface area contributed by atoms with Crippen molar-refractivity contribution in [2.75, 3.05) is 23.8 Å². The SMILES string of the molecule is CCOc1cc(CNc2cccc(Cl)c2C)ccc1OCC(=O)Nc1ccc(C)cc1C. The molecule has 3 rings (SSSR count). The summed E-state index contributed by atoms with van der Waals surface area (Å²) in [5.41, 5.74) is 5.97. The highest BCUT2D eigenvalue weighted by atomic mass is 35.5. The lowest BCUT2D eigenvalue weighted by atomic mass is 10.1. The van der Waals surface area contributed by atoms with E-state index in [0.29, 0.717) is 24.7 Å². The van der Waals surface area contributed by atoms with Gasteiger partial charge in [-0.1, -0.05) is 41.4 Å². The molecule has 0 unspecified atom stereocenters. The molecule has 168 valence electrons. The molecule has 0 aliphatic heterocycles. The first-order valence-electron chi connectivity index (χ1n) is 10.6. The predicted octanol–water partition coefficient (Wildman–Crippen LogP) is 6.29. The third kappa shape index (κ3) is 6.17. The number of carbonyl (C=O) groups excluding carboxylic acids is 1. The summed E-state index contributed by atoms with van der Waals surface area (Å²) >= 11 is 6.20. The second kappa shape index (κ2) is 10.9. The molecule has 3 aromatic carbocycles. The number of hydrogen-bond acceptors (Lipinski definition) is 4. The smallest absolute Gasteiger partial charge is 0.262 e. The van der Waals surface area contributed by atoms with Gasteiger partial charge in [-0.2, -0.15) is 0 Å². The van der Waals surface area contributed by atoms with Crippen molar-refractivity contribution in [1.82, 2.24) is 0 Å². The molecule has 0 radical (unpaired) electrons. The van der Waals surface area contributed by atoms with E-state index >= 15 is 0 Å². The van der Waals surface area contributed by atoms with Gasteiger partial charge in [-0.25, -0.2) is 0 Å². The van der Waals surface area contributed by atoms with Crippen LogP contribution < -0.4 is 20.1 Å². The summed E-state index contributed by atoms with van der Waals surface area (Å²) in [4.78, 5) is 12.4. The number of benzene rings is 3. The Morgan fingerprint density at radius 3 is 2.50 bits per heavy atom. The van der Waals surface area contributed by atoms with Crippen LogP contribution in [0.15, 0.2) is 54.6 Å². The number of carbonyl (C=O) groups is 1. The first-order chi connectivity index (χ1) is 15.4. The second-order valence-corrected chi connectivity index (χ2v) is 8.04. The Kier molecular flexibility index (Phi) is 8.01. The second-order valence-electron chi connectivity index (χ2n) is 7.64. The van der Waals surface area contributed by atoms with E-state index < -0.39 is 0 Å². The number of rotatable bonds is 9. The summed E-state index contributed by atoms with van der Waals surface area (Å²) < 4.78 is 11.5. The molecule has 3 aromatic rings. The maximum atomic E-state index is 12.4. The number of halogens is 1. The minimum Gasteiger partial charge on any atom is -0.490 e. The highest BCUT2D eigenvalue weighted by Gasteiger charge is 2.11. The normalized spacial score (nSPS) is 10.5. The zero-order valence-corrected chi connectivity index (χ0v) is 19.7. The van der Waals surface area contributed by atoms with Gasteiger partial charge in [-0.05, 0) is 74.7 Å². The average molecular weight is 453 g/mol. The Morgan fingerprint density at radius 2 is 1.75 bits per heavy atom. The third-order valence-electron chi connectivity index (χ3n) is 5.07. The van der Waals surface area contributed by atoms with E-state index in [0.717, 1.165) is 38.7 Å². The topological polar surface area (TPSA) is 59.6 Å². The van der Waals surface area contributed by atoms with Gasteiger partial charge in [0.05, 0.1) is 6.61 Å². The van der Waals surface area contributed by atoms with Crippen molar-refractivity contribution in [3.05, 3.63) is 81.9 Å². The Labute approximate surface area is 194 Å². The highest BCUT2D eigenvalue weighted by molar-refractivity contribution is 6.31. The molecule has 0 atom stereocenters. The van der Waals surface area contributed by atoms with Crippen molar-refractivity contribution in [3.8, 4) is 11.5 Å². The third-order valence-corrected chi connectivity index (χ3v) is 5.48. The van der Waals surface area contributed by atoms with Gasteiger partial charge in [0.1, 0.15) is 0 Å². The number of nitrogens with one attached hydrogen (secondary N) is 2. The van der Waals surface area contributed by atoms with E-state index in [1.54, 1.807) is 0 Å². The number of ether oxygens (including phenoxy) is 2. The lowest BCUT2D eigenvalue weighted by Crippen LogP contribution is -2.21. The Balaban J connectivity index is 1.63. The van der Waals surface area contributed by atoms with Gasteiger partial charge >= 0.3 is 0 Å². The van der Waals surface area contributed by atoms with Gasteiger partial charge < -0.3 is 20.1 Å². The van der Waals surface area contributed by atoms with Crippen LogP contribution in [-0.2, 0) is 11.3 Å². The minimum absolute atomic E-state index is 0.104. The van der Waals surface area contributed by atoms with Crippen molar-refractivity contribution in [1.29, 1.82) is 0 Å². The number of aryl methyl sites for hydroxylation is 2. The van der Waals surface area contributed by atoms with E-state index in [1.165, 1.54) is 0 Å². The summed E-state index contributed by atoms with van der Waals surface area (Å²) in [6, 6.07) is 17.4. The zero-order chi connectivity index (χ0) is 23.1. The van der Waals surface area contributed by atoms with Gasteiger partial charge in [-0.15, -0.1) is 0 Å². The molecular formula is C26H29ClN2O3. The summed E-state index contributed by atoms with van der Waals surface area (Å²) in [6.45, 7) is 8.88. The van der Waals surface area contributed by atoms with Gasteiger partial charge in [0.15, 0.2) is 18.1 Å². The van der Waals surface area contributed by atoms with E-state index in [4.69, 9.17) is 21.1 Å². The molecule has 0 spiro atoms. The monoisotopic (exact) mass is 452 g/mol. The lowest BCUT2D eigenvalue weighted by Gasteiger charge is -2.15. The van der Waals surface area contributed by atoms with Crippen LogP contribution in [0.2, 0.25) is 5.02 Å². The average Bonchev–Trinajstić information content (AvgIpc) is 2.76. The number of amides is 1. The Hall–Kier alpha value is -3.18. The Bertz CT molecular complexity index is 1100. The van der Waals surface area contributed by atoms with Crippen LogP contribution in [0.1, 0.15) is 29.2 Å². The van der Waals surface area contributed by atoms with E-state index in [-0.39, 0.29) is 12.5 Å². The molecule has 2 N–H and O–H groups in total. The Morgan fingerprint density at radius 1 is 0.938 bits per heavy atom. The summed E-state index contributed by atoms with van der Waals surface area (Å²) in [5.74, 6) is 0.917. The zero-order valence-electron chi connectivity index (χ0n) is 18.9. The van der Waals surface area contributed by atoms with Gasteiger partial charge in [0.2, 0.25) is 0 Å². The van der Waals surface area contributed by atoms with Crippen LogP contribution in [-0.4, -0.2) is 19.1 Å². The molecule has 0 heterocycles. The fourth-order valence-electron chi connectivity index (χ4n) is 3.33. The fourth-order valence-corrected chi connectivity index (χ4v) is 3.50. The molecule has 5 nitrogen and oxygen atoms in total. The minimum atomic E-state index is -0.221. The van der Waals surface area contributed by atoms with E-state index in [2.05, 4.69) is 10.6 Å². The van der Waals surface area contributed by atoms with Crippen LogP contribution in [0.25, 0.3) is 0 Å². The lowest BCUT2D eigenvalue weighted by molar-refractivity contribution is -0.118. The number of hydrogen-bond donors (Lipinski definition) is 2. The molecule has 0 fully saturated rings. The number of anilines is 2. The van der Waals surface area contributed by atoms with Crippen LogP contribution in [0.4, 0.5) is 11.4 Å². The highest BCUT2D eigenvalue weighted by Crippen LogP contribution is 2.30. The molecule has 0 aliphatic carbocycles. The maximum Gasteiger partial charge on any atom is 0.262 e. The molecule has 0 saturated heterocycles. The van der Waals surface area contributed by atoms with E-state index in [9.17, 15) is 4.79 Å². The molecule has 0 saturated carbocycles. The summed E-state index contributed by atoms with van der Waals surface area (Å²) in [6.07, 6.45) is 0. The maximum absolute atomic E-state index is 12.4. The van der Waals surface area contributed by atoms with Crippen molar-refractivity contribution in [2.24, 2.45) is 0 Å². The van der Waals surface area contributed by atoms with Gasteiger partial charge in [0.25, 0.3) is 5.91 Å². The van der Waals surface area contributed by atoms with Crippen molar-refractivity contribution in [3.63, 3.8) is 0 Å². The van der Waals surface area contributed by atoms with Crippen molar-refractivity contribution < 1.29 is 14.3 Å². The summed E-state index contributed by atoms with van der Waals surface area (Å²) in [5, 5.41) is 7.02. The molecule has 0 aliphatic rings. The van der Waals surface area contributed by atoms with Crippen LogP contribution in [0, 0.1) is 20.8 Å². The first-order valence-corrected chi connectivity index (χ1v) is 11.0. The van der Waals surface area contributed by atoms with Crippen LogP contribution >= 0.6 is 11.6 Å². The van der Waals surface area contributed by atoms with Gasteiger partial charge in [0, 0.05) is 22.9 Å². The van der Waals surface area contributed by atoms with Gasteiger partial charge in [-0.3, -0.25) is 4.79 Å². The van der Waals surface area contributed by atoms with E-state index in [1.807, 2.05) is 82.3 Å². The van der Waals surface area contributed by atoms with Crippen molar-refractivity contribution in [2.45, 2.75) is 34.2 Å². The van der Waals surface area contributed by atoms with Crippen LogP contribution in [0.3, 0.4) is 0 Å².